The fourth-order valence-corrected chi connectivity index (χ4v) is 5.19. The van der Waals surface area contributed by atoms with Crippen molar-refractivity contribution in [2.75, 3.05) is 0 Å². The lowest BCUT2D eigenvalue weighted by Crippen LogP contribution is -2.19. The van der Waals surface area contributed by atoms with Crippen molar-refractivity contribution in [1.29, 1.82) is 0 Å². The molecule has 0 atom stereocenters. The fraction of sp³-hybridized carbons (Fsp3) is 0.400. The summed E-state index contributed by atoms with van der Waals surface area (Å²) in [5.74, 6) is -1.55. The van der Waals surface area contributed by atoms with E-state index in [4.69, 9.17) is 0 Å². The smallest absolute Gasteiger partial charge is 0.167 e. The average molecular weight is 465 g/mol. The zero-order valence-electron chi connectivity index (χ0n) is 20.7. The third-order valence-corrected chi connectivity index (χ3v) is 8.09. The fourth-order valence-electron chi connectivity index (χ4n) is 4.15. The molecule has 0 unspecified atom stereocenters. The summed E-state index contributed by atoms with van der Waals surface area (Å²) in [5, 5.41) is 0. The maximum atomic E-state index is 15.0. The van der Waals surface area contributed by atoms with Gasteiger partial charge in [0.15, 0.2) is 11.6 Å². The lowest BCUT2D eigenvalue weighted by Gasteiger charge is -2.15. The van der Waals surface area contributed by atoms with Crippen molar-refractivity contribution < 1.29 is 8.78 Å². The first-order chi connectivity index (χ1) is 15.8. The van der Waals surface area contributed by atoms with Crippen molar-refractivity contribution in [1.82, 2.24) is 0 Å². The molecule has 0 saturated carbocycles. The quantitative estimate of drug-likeness (QED) is 0.196. The minimum Gasteiger partial charge on any atom is -0.203 e. The van der Waals surface area contributed by atoms with E-state index in [-0.39, 0.29) is 0 Å². The molecule has 3 aromatic rings. The number of hydrogen-bond acceptors (Lipinski definition) is 0. The van der Waals surface area contributed by atoms with Crippen LogP contribution in [0.1, 0.15) is 50.2 Å². The summed E-state index contributed by atoms with van der Waals surface area (Å²) in [5.41, 5.74) is 4.57. The van der Waals surface area contributed by atoms with Gasteiger partial charge in [-0.3, -0.25) is 0 Å². The van der Waals surface area contributed by atoms with E-state index in [9.17, 15) is 0 Å². The minimum atomic E-state index is -1.10. The first-order valence-corrected chi connectivity index (χ1v) is 16.2. The number of hydrogen-bond donors (Lipinski definition) is 0. The standard InChI is InChI=1S/C30H38F2Si/c1-5-6-7-8-9-10-23-11-15-25(16-12-23)27-19-20-28(30(32)29(27)31)26-17-13-24(14-18-26)21-22-33(2,3)4/h11-20H,5-10,21-22H2,1-4H3. The Balaban J connectivity index is 1.70. The summed E-state index contributed by atoms with van der Waals surface area (Å²) in [6.07, 6.45) is 8.33. The first-order valence-electron chi connectivity index (χ1n) is 12.4. The van der Waals surface area contributed by atoms with Crippen LogP contribution in [0.2, 0.25) is 25.7 Å². The normalized spacial score (nSPS) is 11.7. The van der Waals surface area contributed by atoms with E-state index >= 15 is 8.78 Å². The van der Waals surface area contributed by atoms with Gasteiger partial charge in [-0.05, 0) is 41.5 Å². The molecule has 3 heteroatoms. The molecule has 0 nitrogen and oxygen atoms in total. The Morgan fingerprint density at radius 1 is 0.576 bits per heavy atom. The van der Waals surface area contributed by atoms with Gasteiger partial charge in [0.1, 0.15) is 0 Å². The highest BCUT2D eigenvalue weighted by atomic mass is 28.3. The van der Waals surface area contributed by atoms with Crippen molar-refractivity contribution in [2.45, 2.75) is 77.6 Å². The Hall–Kier alpha value is -2.26. The van der Waals surface area contributed by atoms with Crippen LogP contribution in [0.15, 0.2) is 60.7 Å². The van der Waals surface area contributed by atoms with Crippen LogP contribution in [-0.2, 0) is 12.8 Å². The molecule has 0 heterocycles. The zero-order chi connectivity index (χ0) is 23.8. The van der Waals surface area contributed by atoms with E-state index in [2.05, 4.69) is 26.6 Å². The Morgan fingerprint density at radius 2 is 1.03 bits per heavy atom. The maximum Gasteiger partial charge on any atom is 0.167 e. The number of rotatable bonds is 11. The van der Waals surface area contributed by atoms with E-state index in [0.29, 0.717) is 16.7 Å². The average Bonchev–Trinajstić information content (AvgIpc) is 2.80. The van der Waals surface area contributed by atoms with Crippen LogP contribution in [-0.4, -0.2) is 8.07 Å². The van der Waals surface area contributed by atoms with Gasteiger partial charge >= 0.3 is 0 Å². The molecule has 0 aromatic heterocycles. The van der Waals surface area contributed by atoms with Gasteiger partial charge in [-0.2, -0.15) is 0 Å². The van der Waals surface area contributed by atoms with Crippen LogP contribution in [0.3, 0.4) is 0 Å². The second-order valence-electron chi connectivity index (χ2n) is 10.4. The molecule has 33 heavy (non-hydrogen) atoms. The molecule has 0 radical (unpaired) electrons. The number of unbranched alkanes of at least 4 members (excludes halogenated alkanes) is 4. The lowest BCUT2D eigenvalue weighted by molar-refractivity contribution is 0.514. The molecule has 176 valence electrons. The van der Waals surface area contributed by atoms with Gasteiger partial charge in [0.25, 0.3) is 0 Å². The summed E-state index contributed by atoms with van der Waals surface area (Å²) >= 11 is 0. The highest BCUT2D eigenvalue weighted by Gasteiger charge is 2.17. The molecule has 0 spiro atoms. The van der Waals surface area contributed by atoms with Crippen molar-refractivity contribution >= 4 is 8.07 Å². The Labute approximate surface area is 200 Å². The van der Waals surface area contributed by atoms with Crippen LogP contribution in [0.5, 0.6) is 0 Å². The van der Waals surface area contributed by atoms with Crippen molar-refractivity contribution in [3.05, 3.63) is 83.4 Å². The third kappa shape index (κ3) is 7.36. The molecule has 0 saturated heterocycles. The minimum absolute atomic E-state index is 0.316. The lowest BCUT2D eigenvalue weighted by atomic mass is 9.96. The van der Waals surface area contributed by atoms with Crippen molar-refractivity contribution in [3.63, 3.8) is 0 Å². The van der Waals surface area contributed by atoms with E-state index in [1.165, 1.54) is 49.3 Å². The van der Waals surface area contributed by atoms with Gasteiger partial charge in [-0.1, -0.05) is 119 Å². The molecular weight excluding hydrogens is 426 g/mol. The highest BCUT2D eigenvalue weighted by molar-refractivity contribution is 6.76. The second-order valence-corrected chi connectivity index (χ2v) is 16.0. The van der Waals surface area contributed by atoms with Gasteiger partial charge in [-0.15, -0.1) is 0 Å². The zero-order valence-corrected chi connectivity index (χ0v) is 21.7. The summed E-state index contributed by atoms with van der Waals surface area (Å²) in [4.78, 5) is 0. The molecule has 0 bridgehead atoms. The van der Waals surface area contributed by atoms with Crippen molar-refractivity contribution in [2.24, 2.45) is 0 Å². The molecule has 0 fully saturated rings. The van der Waals surface area contributed by atoms with Gasteiger partial charge < -0.3 is 0 Å². The Bertz CT molecular complexity index is 1010. The highest BCUT2D eigenvalue weighted by Crippen LogP contribution is 2.32. The van der Waals surface area contributed by atoms with Crippen LogP contribution in [0.25, 0.3) is 22.3 Å². The second kappa shape index (κ2) is 11.7. The van der Waals surface area contributed by atoms with Crippen LogP contribution >= 0.6 is 0 Å². The maximum absolute atomic E-state index is 15.0. The van der Waals surface area contributed by atoms with Gasteiger partial charge in [0.05, 0.1) is 0 Å². The molecule has 0 amide bonds. The molecule has 0 aliphatic carbocycles. The van der Waals surface area contributed by atoms with Gasteiger partial charge in [0, 0.05) is 19.2 Å². The summed E-state index contributed by atoms with van der Waals surface area (Å²) in [6.45, 7) is 9.31. The molecule has 0 aliphatic heterocycles. The third-order valence-electron chi connectivity index (χ3n) is 6.34. The predicted octanol–water partition coefficient (Wildman–Crippen LogP) is 9.69. The number of aryl methyl sites for hydroxylation is 2. The predicted molar refractivity (Wildman–Crippen MR) is 142 cm³/mol. The summed E-state index contributed by atoms with van der Waals surface area (Å²) in [6, 6.07) is 20.4. The van der Waals surface area contributed by atoms with E-state index in [1.54, 1.807) is 12.1 Å². The topological polar surface area (TPSA) is 0 Å². The number of halogens is 2. The summed E-state index contributed by atoms with van der Waals surface area (Å²) in [7, 11) is -1.10. The van der Waals surface area contributed by atoms with Crippen LogP contribution in [0.4, 0.5) is 8.78 Å². The van der Waals surface area contributed by atoms with E-state index < -0.39 is 19.7 Å². The van der Waals surface area contributed by atoms with Gasteiger partial charge in [0.2, 0.25) is 0 Å². The largest absolute Gasteiger partial charge is 0.203 e. The molecule has 0 aliphatic rings. The SMILES string of the molecule is CCCCCCCc1ccc(-c2ccc(-c3ccc(CC[Si](C)(C)C)cc3)c(F)c2F)cc1. The Kier molecular flexibility index (Phi) is 9.02. The molecule has 3 rings (SSSR count). The van der Waals surface area contributed by atoms with Crippen LogP contribution < -0.4 is 0 Å². The number of benzene rings is 3. The molecular formula is C30H38F2Si. The van der Waals surface area contributed by atoms with E-state index in [1.807, 2.05) is 48.5 Å². The summed E-state index contributed by atoms with van der Waals surface area (Å²) < 4.78 is 30.0. The monoisotopic (exact) mass is 464 g/mol. The van der Waals surface area contributed by atoms with E-state index in [0.717, 1.165) is 18.4 Å². The Morgan fingerprint density at radius 3 is 1.48 bits per heavy atom. The molecule has 0 N–H and O–H groups in total. The van der Waals surface area contributed by atoms with Crippen LogP contribution in [0, 0.1) is 11.6 Å². The van der Waals surface area contributed by atoms with Crippen molar-refractivity contribution in [3.8, 4) is 22.3 Å². The first kappa shape index (κ1) is 25.4. The van der Waals surface area contributed by atoms with Gasteiger partial charge in [-0.25, -0.2) is 8.78 Å². The molecule has 3 aromatic carbocycles.